The largest absolute Gasteiger partial charge is 0.381 e. The van der Waals surface area contributed by atoms with Gasteiger partial charge in [0.15, 0.2) is 5.78 Å². The molecule has 0 aromatic heterocycles. The summed E-state index contributed by atoms with van der Waals surface area (Å²) in [6, 6.07) is 3.72. The summed E-state index contributed by atoms with van der Waals surface area (Å²) < 4.78 is 1.06. The van der Waals surface area contributed by atoms with Gasteiger partial charge in [0, 0.05) is 4.47 Å². The molecule has 1 aromatic carbocycles. The van der Waals surface area contributed by atoms with E-state index in [1.807, 2.05) is 39.8 Å². The molecule has 0 aliphatic carbocycles. The first-order valence-electron chi connectivity index (χ1n) is 5.94. The molecule has 0 saturated heterocycles. The van der Waals surface area contributed by atoms with Gasteiger partial charge in [0.25, 0.3) is 0 Å². The molecule has 0 bridgehead atoms. The molecular weight excluding hydrogens is 292 g/mol. The van der Waals surface area contributed by atoms with Crippen molar-refractivity contribution in [2.24, 2.45) is 0 Å². The van der Waals surface area contributed by atoms with Crippen LogP contribution in [0.1, 0.15) is 57.9 Å². The molecule has 1 atom stereocenters. The van der Waals surface area contributed by atoms with Crippen molar-refractivity contribution in [2.45, 2.75) is 54.6 Å². The quantitative estimate of drug-likeness (QED) is 0.884. The standard InChI is InChI=1S/C12H15BrO2.C2H6.CH4/c1-4-9-6-10(12(15)8(3)14)5-7(2)11(9)13;1-2;/h5-6,12,15H,4H2,1-3H3;1-2H3;1H4. The van der Waals surface area contributed by atoms with Gasteiger partial charge in [-0.05, 0) is 37.0 Å². The number of aliphatic hydroxyl groups is 1. The molecule has 1 unspecified atom stereocenters. The summed E-state index contributed by atoms with van der Waals surface area (Å²) in [7, 11) is 0. The molecule has 0 aliphatic rings. The number of benzene rings is 1. The number of carbonyl (C=O) groups excluding carboxylic acids is 1. The van der Waals surface area contributed by atoms with Gasteiger partial charge in [-0.1, -0.05) is 56.3 Å². The topological polar surface area (TPSA) is 37.3 Å². The molecule has 3 heteroatoms. The highest BCUT2D eigenvalue weighted by Crippen LogP contribution is 2.26. The van der Waals surface area contributed by atoms with Crippen LogP contribution in [0.3, 0.4) is 0 Å². The number of rotatable bonds is 3. The fraction of sp³-hybridized carbons (Fsp3) is 0.533. The van der Waals surface area contributed by atoms with E-state index < -0.39 is 6.10 Å². The summed E-state index contributed by atoms with van der Waals surface area (Å²) in [4.78, 5) is 11.1. The minimum Gasteiger partial charge on any atom is -0.381 e. The minimum absolute atomic E-state index is 0. The number of halogens is 1. The van der Waals surface area contributed by atoms with Crippen molar-refractivity contribution in [3.8, 4) is 0 Å². The van der Waals surface area contributed by atoms with Crippen LogP contribution in [0.5, 0.6) is 0 Å². The predicted molar refractivity (Wildman–Crippen MR) is 82.0 cm³/mol. The highest BCUT2D eigenvalue weighted by atomic mass is 79.9. The van der Waals surface area contributed by atoms with Crippen molar-refractivity contribution in [2.75, 3.05) is 0 Å². The summed E-state index contributed by atoms with van der Waals surface area (Å²) >= 11 is 3.49. The average molecular weight is 317 g/mol. The van der Waals surface area contributed by atoms with Crippen molar-refractivity contribution in [3.63, 3.8) is 0 Å². The van der Waals surface area contributed by atoms with Crippen LogP contribution in [-0.2, 0) is 11.2 Å². The number of aryl methyl sites for hydroxylation is 2. The third-order valence-corrected chi connectivity index (χ3v) is 3.57. The van der Waals surface area contributed by atoms with E-state index in [0.717, 1.165) is 22.0 Å². The van der Waals surface area contributed by atoms with Gasteiger partial charge in [-0.2, -0.15) is 0 Å². The Morgan fingerprint density at radius 3 is 2.28 bits per heavy atom. The van der Waals surface area contributed by atoms with Gasteiger partial charge in [0.05, 0.1) is 0 Å². The van der Waals surface area contributed by atoms with Crippen LogP contribution in [0.2, 0.25) is 0 Å². The smallest absolute Gasteiger partial charge is 0.162 e. The van der Waals surface area contributed by atoms with Gasteiger partial charge < -0.3 is 5.11 Å². The Kier molecular flexibility index (Phi) is 10.1. The third-order valence-electron chi connectivity index (χ3n) is 2.43. The Balaban J connectivity index is 0. The average Bonchev–Trinajstić information content (AvgIpc) is 2.33. The molecule has 0 saturated carbocycles. The maximum atomic E-state index is 11.1. The minimum atomic E-state index is -0.998. The lowest BCUT2D eigenvalue weighted by molar-refractivity contribution is -0.125. The Bertz CT molecular complexity index is 386. The molecule has 0 fully saturated rings. The van der Waals surface area contributed by atoms with E-state index in [1.165, 1.54) is 6.92 Å². The molecule has 1 N–H and O–H groups in total. The highest BCUT2D eigenvalue weighted by molar-refractivity contribution is 9.10. The zero-order chi connectivity index (χ0) is 13.6. The molecule has 0 radical (unpaired) electrons. The van der Waals surface area contributed by atoms with E-state index >= 15 is 0 Å². The van der Waals surface area contributed by atoms with Gasteiger partial charge in [-0.3, -0.25) is 4.79 Å². The molecule has 0 amide bonds. The van der Waals surface area contributed by atoms with Crippen molar-refractivity contribution in [1.29, 1.82) is 0 Å². The zero-order valence-corrected chi connectivity index (χ0v) is 12.8. The molecule has 1 rings (SSSR count). The van der Waals surface area contributed by atoms with Gasteiger partial charge in [0.2, 0.25) is 0 Å². The van der Waals surface area contributed by atoms with Crippen LogP contribution in [0.15, 0.2) is 16.6 Å². The van der Waals surface area contributed by atoms with E-state index in [4.69, 9.17) is 0 Å². The van der Waals surface area contributed by atoms with Crippen molar-refractivity contribution < 1.29 is 9.90 Å². The fourth-order valence-corrected chi connectivity index (χ4v) is 2.03. The van der Waals surface area contributed by atoms with E-state index in [1.54, 1.807) is 0 Å². The Labute approximate surface area is 120 Å². The molecule has 0 aliphatic heterocycles. The number of Topliss-reactive ketones (excluding diaryl/α,β-unsaturated/α-hetero) is 1. The van der Waals surface area contributed by atoms with Crippen LogP contribution >= 0.6 is 15.9 Å². The molecule has 2 nitrogen and oxygen atoms in total. The normalized spacial score (nSPS) is 10.8. The van der Waals surface area contributed by atoms with Crippen LogP contribution in [0.25, 0.3) is 0 Å². The number of carbonyl (C=O) groups is 1. The first-order valence-corrected chi connectivity index (χ1v) is 6.74. The lowest BCUT2D eigenvalue weighted by Crippen LogP contribution is -2.08. The van der Waals surface area contributed by atoms with Crippen molar-refractivity contribution in [3.05, 3.63) is 33.3 Å². The first kappa shape index (κ1) is 19.7. The lowest BCUT2D eigenvalue weighted by atomic mass is 9.99. The lowest BCUT2D eigenvalue weighted by Gasteiger charge is -2.12. The predicted octanol–water partition coefficient (Wildman–Crippen LogP) is 4.60. The summed E-state index contributed by atoms with van der Waals surface area (Å²) in [5, 5.41) is 9.67. The van der Waals surface area contributed by atoms with Gasteiger partial charge in [-0.15, -0.1) is 0 Å². The first-order chi connectivity index (χ1) is 7.97. The molecule has 0 heterocycles. The van der Waals surface area contributed by atoms with E-state index in [2.05, 4.69) is 15.9 Å². The summed E-state index contributed by atoms with van der Waals surface area (Å²) in [6.07, 6.45) is -0.123. The Morgan fingerprint density at radius 2 is 1.89 bits per heavy atom. The van der Waals surface area contributed by atoms with Crippen molar-refractivity contribution >= 4 is 21.7 Å². The summed E-state index contributed by atoms with van der Waals surface area (Å²) in [6.45, 7) is 9.40. The zero-order valence-electron chi connectivity index (χ0n) is 11.2. The maximum absolute atomic E-state index is 11.1. The molecule has 104 valence electrons. The fourth-order valence-electron chi connectivity index (χ4n) is 1.52. The number of hydrogen-bond donors (Lipinski definition) is 1. The van der Waals surface area contributed by atoms with E-state index in [-0.39, 0.29) is 13.2 Å². The monoisotopic (exact) mass is 316 g/mol. The highest BCUT2D eigenvalue weighted by Gasteiger charge is 2.15. The molecule has 18 heavy (non-hydrogen) atoms. The van der Waals surface area contributed by atoms with E-state index in [0.29, 0.717) is 5.56 Å². The van der Waals surface area contributed by atoms with Crippen LogP contribution in [0.4, 0.5) is 0 Å². The van der Waals surface area contributed by atoms with Gasteiger partial charge in [0.1, 0.15) is 6.10 Å². The van der Waals surface area contributed by atoms with Crippen molar-refractivity contribution in [1.82, 2.24) is 0 Å². The Hall–Kier alpha value is -0.670. The second kappa shape index (κ2) is 9.29. The summed E-state index contributed by atoms with van der Waals surface area (Å²) in [5.74, 6) is -0.223. The Morgan fingerprint density at radius 1 is 1.39 bits per heavy atom. The molecule has 0 spiro atoms. The third kappa shape index (κ3) is 4.91. The summed E-state index contributed by atoms with van der Waals surface area (Å²) in [5.41, 5.74) is 2.84. The van der Waals surface area contributed by atoms with Crippen LogP contribution in [0, 0.1) is 6.92 Å². The van der Waals surface area contributed by atoms with Crippen LogP contribution in [-0.4, -0.2) is 10.9 Å². The maximum Gasteiger partial charge on any atom is 0.162 e. The molecular formula is C15H25BrO2. The number of ketones is 1. The van der Waals surface area contributed by atoms with Gasteiger partial charge in [-0.25, -0.2) is 0 Å². The second-order valence-electron chi connectivity index (χ2n) is 3.68. The number of hydrogen-bond acceptors (Lipinski definition) is 2. The van der Waals surface area contributed by atoms with Crippen LogP contribution < -0.4 is 0 Å². The second-order valence-corrected chi connectivity index (χ2v) is 4.47. The van der Waals surface area contributed by atoms with Gasteiger partial charge >= 0.3 is 0 Å². The number of aliphatic hydroxyl groups excluding tert-OH is 1. The van der Waals surface area contributed by atoms with E-state index in [9.17, 15) is 9.90 Å². The SMILES string of the molecule is C.CC.CCc1cc(C(O)C(C)=O)cc(C)c1Br. The molecule has 1 aromatic rings.